The van der Waals surface area contributed by atoms with Crippen LogP contribution in [-0.4, -0.2) is 33.3 Å². The van der Waals surface area contributed by atoms with Gasteiger partial charge in [-0.1, -0.05) is 18.2 Å². The lowest BCUT2D eigenvalue weighted by atomic mass is 10.1. The maximum atomic E-state index is 12.0. The number of ether oxygens (including phenoxy) is 3. The molecule has 0 aromatic heterocycles. The third-order valence-corrected chi connectivity index (χ3v) is 3.48. The van der Waals surface area contributed by atoms with Gasteiger partial charge in [0, 0.05) is 5.69 Å². The van der Waals surface area contributed by atoms with Crippen molar-refractivity contribution in [3.05, 3.63) is 53.6 Å². The fraction of sp³-hybridized carbons (Fsp3) is 0.222. The zero-order valence-corrected chi connectivity index (χ0v) is 13.8. The van der Waals surface area contributed by atoms with Crippen molar-refractivity contribution in [3.63, 3.8) is 0 Å². The summed E-state index contributed by atoms with van der Waals surface area (Å²) in [4.78, 5) is 23.6. The number of hydrogen-bond donors (Lipinski definition) is 1. The monoisotopic (exact) mass is 329 g/mol. The molecule has 1 N–H and O–H groups in total. The number of benzene rings is 2. The molecule has 2 rings (SSSR count). The van der Waals surface area contributed by atoms with Gasteiger partial charge >= 0.3 is 11.9 Å². The number of hydrogen-bond acceptors (Lipinski definition) is 6. The molecule has 0 aliphatic heterocycles. The van der Waals surface area contributed by atoms with Crippen LogP contribution in [-0.2, 0) is 20.7 Å². The highest BCUT2D eigenvalue weighted by Crippen LogP contribution is 2.28. The Kier molecular flexibility index (Phi) is 5.78. The number of anilines is 2. The average molecular weight is 329 g/mol. The molecule has 0 bridgehead atoms. The van der Waals surface area contributed by atoms with Gasteiger partial charge in [0.05, 0.1) is 39.0 Å². The number of methoxy groups -OCH3 is 3. The van der Waals surface area contributed by atoms with Crippen LogP contribution >= 0.6 is 0 Å². The highest BCUT2D eigenvalue weighted by atomic mass is 16.5. The first-order valence-electron chi connectivity index (χ1n) is 7.27. The van der Waals surface area contributed by atoms with Gasteiger partial charge in [-0.05, 0) is 29.8 Å². The first-order chi connectivity index (χ1) is 11.6. The molecule has 24 heavy (non-hydrogen) atoms. The summed E-state index contributed by atoms with van der Waals surface area (Å²) in [5.74, 6) is -0.280. The van der Waals surface area contributed by atoms with E-state index in [4.69, 9.17) is 14.2 Å². The summed E-state index contributed by atoms with van der Waals surface area (Å²) in [6, 6.07) is 12.4. The lowest BCUT2D eigenvalue weighted by Crippen LogP contribution is -2.09. The maximum absolute atomic E-state index is 12.0. The van der Waals surface area contributed by atoms with Crippen molar-refractivity contribution in [2.75, 3.05) is 26.6 Å². The molecule has 0 aliphatic carbocycles. The average Bonchev–Trinajstić information content (AvgIpc) is 2.62. The van der Waals surface area contributed by atoms with Crippen LogP contribution in [0.1, 0.15) is 15.9 Å². The quantitative estimate of drug-likeness (QED) is 0.822. The van der Waals surface area contributed by atoms with E-state index in [1.54, 1.807) is 18.2 Å². The topological polar surface area (TPSA) is 73.9 Å². The lowest BCUT2D eigenvalue weighted by Gasteiger charge is -2.15. The van der Waals surface area contributed by atoms with Crippen LogP contribution in [0.2, 0.25) is 0 Å². The normalized spacial score (nSPS) is 9.96. The third kappa shape index (κ3) is 4.04. The van der Waals surface area contributed by atoms with Crippen LogP contribution in [0.15, 0.2) is 42.5 Å². The lowest BCUT2D eigenvalue weighted by molar-refractivity contribution is -0.139. The summed E-state index contributed by atoms with van der Waals surface area (Å²) < 4.78 is 14.7. The van der Waals surface area contributed by atoms with E-state index < -0.39 is 5.97 Å². The van der Waals surface area contributed by atoms with Crippen LogP contribution in [0.4, 0.5) is 11.4 Å². The number of esters is 2. The van der Waals surface area contributed by atoms with Gasteiger partial charge in [0.2, 0.25) is 0 Å². The Labute approximate surface area is 140 Å². The Balaban J connectivity index is 2.38. The first kappa shape index (κ1) is 17.3. The molecule has 0 spiro atoms. The summed E-state index contributed by atoms with van der Waals surface area (Å²) in [6.45, 7) is 0. The fourth-order valence-corrected chi connectivity index (χ4v) is 2.21. The highest BCUT2D eigenvalue weighted by Gasteiger charge is 2.15. The molecule has 0 saturated carbocycles. The molecule has 6 heteroatoms. The molecule has 0 saturated heterocycles. The van der Waals surface area contributed by atoms with E-state index in [0.717, 1.165) is 5.56 Å². The van der Waals surface area contributed by atoms with Crippen molar-refractivity contribution < 1.29 is 23.8 Å². The van der Waals surface area contributed by atoms with Crippen molar-refractivity contribution in [2.24, 2.45) is 0 Å². The second kappa shape index (κ2) is 8.01. The summed E-state index contributed by atoms with van der Waals surface area (Å²) >= 11 is 0. The standard InChI is InChI=1S/C18H19NO5/c1-22-13-8-9-16(14(11-13)18(21)24-3)19-15-7-5-4-6-12(15)10-17(20)23-2/h4-9,11,19H,10H2,1-3H3. The Morgan fingerprint density at radius 1 is 0.958 bits per heavy atom. The summed E-state index contributed by atoms with van der Waals surface area (Å²) in [5.41, 5.74) is 2.36. The molecule has 2 aromatic rings. The van der Waals surface area contributed by atoms with E-state index in [-0.39, 0.29) is 12.4 Å². The van der Waals surface area contributed by atoms with Crippen molar-refractivity contribution in [3.8, 4) is 5.75 Å². The molecule has 6 nitrogen and oxygen atoms in total. The van der Waals surface area contributed by atoms with Crippen LogP contribution in [0, 0.1) is 0 Å². The number of carbonyl (C=O) groups is 2. The van der Waals surface area contributed by atoms with Crippen molar-refractivity contribution in [1.82, 2.24) is 0 Å². The highest BCUT2D eigenvalue weighted by molar-refractivity contribution is 5.97. The van der Waals surface area contributed by atoms with Gasteiger partial charge in [0.25, 0.3) is 0 Å². The maximum Gasteiger partial charge on any atom is 0.340 e. The van der Waals surface area contributed by atoms with Crippen LogP contribution < -0.4 is 10.1 Å². The molecule has 0 unspecified atom stereocenters. The van der Waals surface area contributed by atoms with Crippen LogP contribution in [0.3, 0.4) is 0 Å². The van der Waals surface area contributed by atoms with E-state index in [9.17, 15) is 9.59 Å². The molecule has 2 aromatic carbocycles. The predicted octanol–water partition coefficient (Wildman–Crippen LogP) is 2.94. The SMILES string of the molecule is COC(=O)Cc1ccccc1Nc1ccc(OC)cc1C(=O)OC. The van der Waals surface area contributed by atoms with E-state index in [1.807, 2.05) is 24.3 Å². The third-order valence-electron chi connectivity index (χ3n) is 3.48. The molecule has 0 heterocycles. The van der Waals surface area contributed by atoms with Crippen molar-refractivity contribution in [1.29, 1.82) is 0 Å². The van der Waals surface area contributed by atoms with Gasteiger partial charge in [-0.15, -0.1) is 0 Å². The molecule has 0 atom stereocenters. The molecular weight excluding hydrogens is 310 g/mol. The Morgan fingerprint density at radius 3 is 2.38 bits per heavy atom. The number of para-hydroxylation sites is 1. The minimum atomic E-state index is -0.484. The van der Waals surface area contributed by atoms with Gasteiger partial charge in [-0.2, -0.15) is 0 Å². The molecular formula is C18H19NO5. The number of rotatable bonds is 6. The van der Waals surface area contributed by atoms with Crippen LogP contribution in [0.5, 0.6) is 5.75 Å². The predicted molar refractivity (Wildman–Crippen MR) is 89.8 cm³/mol. The second-order valence-electron chi connectivity index (χ2n) is 4.94. The zero-order chi connectivity index (χ0) is 17.5. The Hall–Kier alpha value is -3.02. The minimum absolute atomic E-state index is 0.128. The fourth-order valence-electron chi connectivity index (χ4n) is 2.21. The molecule has 0 fully saturated rings. The van der Waals surface area contributed by atoms with Crippen LogP contribution in [0.25, 0.3) is 0 Å². The first-order valence-corrected chi connectivity index (χ1v) is 7.27. The van der Waals surface area contributed by atoms with Crippen molar-refractivity contribution in [2.45, 2.75) is 6.42 Å². The Morgan fingerprint density at radius 2 is 1.71 bits per heavy atom. The van der Waals surface area contributed by atoms with E-state index in [2.05, 4.69) is 5.32 Å². The summed E-state index contributed by atoms with van der Waals surface area (Å²) in [7, 11) is 4.18. The summed E-state index contributed by atoms with van der Waals surface area (Å²) in [6.07, 6.45) is 0.128. The molecule has 0 amide bonds. The zero-order valence-electron chi connectivity index (χ0n) is 13.8. The molecule has 126 valence electrons. The van der Waals surface area contributed by atoms with E-state index >= 15 is 0 Å². The van der Waals surface area contributed by atoms with Gasteiger partial charge < -0.3 is 19.5 Å². The van der Waals surface area contributed by atoms with Gasteiger partial charge in [-0.3, -0.25) is 4.79 Å². The van der Waals surface area contributed by atoms with E-state index in [1.165, 1.54) is 21.3 Å². The smallest absolute Gasteiger partial charge is 0.340 e. The number of carbonyl (C=O) groups excluding carboxylic acids is 2. The second-order valence-corrected chi connectivity index (χ2v) is 4.94. The summed E-state index contributed by atoms with van der Waals surface area (Å²) in [5, 5.41) is 3.17. The van der Waals surface area contributed by atoms with Gasteiger partial charge in [0.1, 0.15) is 5.75 Å². The van der Waals surface area contributed by atoms with Gasteiger partial charge in [-0.25, -0.2) is 4.79 Å². The largest absolute Gasteiger partial charge is 0.497 e. The van der Waals surface area contributed by atoms with Crippen molar-refractivity contribution >= 4 is 23.3 Å². The Bertz CT molecular complexity index is 742. The van der Waals surface area contributed by atoms with Gasteiger partial charge in [0.15, 0.2) is 0 Å². The van der Waals surface area contributed by atoms with E-state index in [0.29, 0.717) is 22.7 Å². The molecule has 0 radical (unpaired) electrons. The molecule has 0 aliphatic rings. The number of nitrogens with one attached hydrogen (secondary N) is 1. The minimum Gasteiger partial charge on any atom is -0.497 e.